The van der Waals surface area contributed by atoms with E-state index in [1.807, 2.05) is 50.4 Å². The molecule has 8 heteroatoms. The molecular formula is C29H26N6O2. The zero-order valence-electron chi connectivity index (χ0n) is 20.6. The van der Waals surface area contributed by atoms with Crippen molar-refractivity contribution in [1.82, 2.24) is 29.8 Å². The third-order valence-electron chi connectivity index (χ3n) is 7.00. The van der Waals surface area contributed by atoms with Gasteiger partial charge in [-0.1, -0.05) is 12.1 Å². The molecule has 1 aliphatic rings. The van der Waals surface area contributed by atoms with Crippen molar-refractivity contribution in [3.05, 3.63) is 84.2 Å². The summed E-state index contributed by atoms with van der Waals surface area (Å²) in [6.45, 7) is 3.73. The molecule has 1 aromatic carbocycles. The van der Waals surface area contributed by atoms with Gasteiger partial charge in [0.1, 0.15) is 0 Å². The minimum Gasteiger partial charge on any atom is -0.478 e. The van der Waals surface area contributed by atoms with Gasteiger partial charge in [0.25, 0.3) is 0 Å². The van der Waals surface area contributed by atoms with Crippen molar-refractivity contribution in [1.29, 1.82) is 0 Å². The number of aromatic nitrogens is 5. The van der Waals surface area contributed by atoms with Gasteiger partial charge < -0.3 is 15.0 Å². The highest BCUT2D eigenvalue weighted by molar-refractivity contribution is 5.92. The number of carboxylic acid groups (broad SMARTS) is 1. The smallest absolute Gasteiger partial charge is 0.337 e. The minimum absolute atomic E-state index is 0.133. The lowest BCUT2D eigenvalue weighted by atomic mass is 9.96. The van der Waals surface area contributed by atoms with E-state index in [9.17, 15) is 9.90 Å². The van der Waals surface area contributed by atoms with Crippen LogP contribution in [0.5, 0.6) is 0 Å². The first kappa shape index (κ1) is 23.0. The summed E-state index contributed by atoms with van der Waals surface area (Å²) in [6, 6.07) is 15.7. The van der Waals surface area contributed by atoms with Crippen LogP contribution in [0.1, 0.15) is 34.1 Å². The van der Waals surface area contributed by atoms with E-state index in [2.05, 4.69) is 35.9 Å². The molecule has 1 atom stereocenters. The van der Waals surface area contributed by atoms with Crippen molar-refractivity contribution in [2.75, 3.05) is 20.1 Å². The summed E-state index contributed by atoms with van der Waals surface area (Å²) in [5.41, 5.74) is 7.69. The number of hydrogen-bond acceptors (Lipinski definition) is 6. The standard InChI is InChI=1S/C29H26N6O2/c1-17-4-3-5-25(34-17)28-27(32-16-33-28)18-6-7-24-20(10-18)11-21(13-30-24)22-12-23(29(36)37)26(31-14-22)19-8-9-35(2)15-19/h3-7,10-14,16,19H,8-9,15H2,1-2H3,(H,32,33)(H,36,37)/t19-/m0/s1. The van der Waals surface area contributed by atoms with Gasteiger partial charge in [-0.25, -0.2) is 9.78 Å². The van der Waals surface area contributed by atoms with Crippen LogP contribution < -0.4 is 0 Å². The molecule has 1 fully saturated rings. The first-order valence-corrected chi connectivity index (χ1v) is 12.3. The Bertz CT molecular complexity index is 1640. The van der Waals surface area contributed by atoms with Crippen LogP contribution in [-0.4, -0.2) is 61.0 Å². The van der Waals surface area contributed by atoms with E-state index in [1.54, 1.807) is 24.8 Å². The SMILES string of the molecule is Cc1cccc(-c2[nH]cnc2-c2ccc3ncc(-c4cnc([C@H]5CCN(C)C5)c(C(=O)O)c4)cc3c2)n1. The summed E-state index contributed by atoms with van der Waals surface area (Å²) < 4.78 is 0. The number of likely N-dealkylation sites (N-methyl/N-ethyl adjacent to an activating group) is 1. The number of pyridine rings is 3. The Hall–Kier alpha value is -4.43. The third kappa shape index (κ3) is 4.36. The van der Waals surface area contributed by atoms with E-state index in [0.29, 0.717) is 5.69 Å². The molecule has 184 valence electrons. The Morgan fingerprint density at radius 2 is 1.84 bits per heavy atom. The molecule has 6 rings (SSSR count). The second kappa shape index (κ2) is 9.22. The molecule has 0 spiro atoms. The number of carbonyl (C=O) groups is 1. The number of aromatic carboxylic acids is 1. The zero-order valence-corrected chi connectivity index (χ0v) is 20.6. The number of benzene rings is 1. The topological polar surface area (TPSA) is 108 Å². The number of aryl methyl sites for hydroxylation is 1. The van der Waals surface area contributed by atoms with Crippen LogP contribution in [0.3, 0.4) is 0 Å². The van der Waals surface area contributed by atoms with Crippen molar-refractivity contribution >= 4 is 16.9 Å². The number of rotatable bonds is 5. The second-order valence-corrected chi connectivity index (χ2v) is 9.63. The van der Waals surface area contributed by atoms with E-state index in [-0.39, 0.29) is 11.5 Å². The molecule has 0 unspecified atom stereocenters. The van der Waals surface area contributed by atoms with E-state index < -0.39 is 5.97 Å². The minimum atomic E-state index is -0.953. The predicted octanol–water partition coefficient (Wildman–Crippen LogP) is 5.17. The molecule has 8 nitrogen and oxygen atoms in total. The maximum absolute atomic E-state index is 12.1. The molecule has 2 N–H and O–H groups in total. The Kier molecular flexibility index (Phi) is 5.73. The number of likely N-dealkylation sites (tertiary alicyclic amines) is 1. The average Bonchev–Trinajstić information content (AvgIpc) is 3.57. The highest BCUT2D eigenvalue weighted by atomic mass is 16.4. The highest BCUT2D eigenvalue weighted by Crippen LogP contribution is 2.33. The molecule has 5 aromatic rings. The number of nitrogens with zero attached hydrogens (tertiary/aromatic N) is 5. The molecule has 0 amide bonds. The van der Waals surface area contributed by atoms with Gasteiger partial charge in [-0.15, -0.1) is 0 Å². The number of H-pyrrole nitrogens is 1. The van der Waals surface area contributed by atoms with Gasteiger partial charge in [-0.2, -0.15) is 0 Å². The monoisotopic (exact) mass is 490 g/mol. The van der Waals surface area contributed by atoms with Crippen molar-refractivity contribution in [2.45, 2.75) is 19.3 Å². The normalized spacial score (nSPS) is 15.9. The van der Waals surface area contributed by atoms with Crippen LogP contribution in [0, 0.1) is 6.92 Å². The van der Waals surface area contributed by atoms with Crippen LogP contribution in [0.4, 0.5) is 0 Å². The number of imidazole rings is 1. The highest BCUT2D eigenvalue weighted by Gasteiger charge is 2.27. The van der Waals surface area contributed by atoms with E-state index in [1.165, 1.54) is 0 Å². The number of carboxylic acids is 1. The quantitative estimate of drug-likeness (QED) is 0.350. The van der Waals surface area contributed by atoms with Gasteiger partial charge in [0, 0.05) is 52.6 Å². The van der Waals surface area contributed by atoms with E-state index >= 15 is 0 Å². The fourth-order valence-corrected chi connectivity index (χ4v) is 5.12. The molecule has 4 aromatic heterocycles. The number of aromatic amines is 1. The maximum atomic E-state index is 12.1. The van der Waals surface area contributed by atoms with Crippen LogP contribution >= 0.6 is 0 Å². The van der Waals surface area contributed by atoms with Crippen LogP contribution in [0.2, 0.25) is 0 Å². The summed E-state index contributed by atoms with van der Waals surface area (Å²) in [4.78, 5) is 36.0. The maximum Gasteiger partial charge on any atom is 0.337 e. The molecule has 0 radical (unpaired) electrons. The first-order valence-electron chi connectivity index (χ1n) is 12.3. The van der Waals surface area contributed by atoms with Gasteiger partial charge in [0.2, 0.25) is 0 Å². The van der Waals surface area contributed by atoms with Gasteiger partial charge in [-0.05, 0) is 63.3 Å². The number of fused-ring (bicyclic) bond motifs is 1. The fourth-order valence-electron chi connectivity index (χ4n) is 5.12. The molecule has 1 saturated heterocycles. The predicted molar refractivity (Wildman–Crippen MR) is 142 cm³/mol. The van der Waals surface area contributed by atoms with Crippen LogP contribution in [-0.2, 0) is 0 Å². The van der Waals surface area contributed by atoms with E-state index in [4.69, 9.17) is 0 Å². The Labute approximate surface area is 214 Å². The van der Waals surface area contributed by atoms with E-state index in [0.717, 1.165) is 69.9 Å². The summed E-state index contributed by atoms with van der Waals surface area (Å²) in [6.07, 6.45) is 6.12. The number of hydrogen-bond donors (Lipinski definition) is 2. The Morgan fingerprint density at radius 3 is 2.62 bits per heavy atom. The van der Waals surface area contributed by atoms with Gasteiger partial charge >= 0.3 is 5.97 Å². The Morgan fingerprint density at radius 1 is 1.03 bits per heavy atom. The lowest BCUT2D eigenvalue weighted by Crippen LogP contribution is -2.15. The lowest BCUT2D eigenvalue weighted by Gasteiger charge is -2.14. The molecule has 0 aliphatic carbocycles. The molecule has 0 bridgehead atoms. The lowest BCUT2D eigenvalue weighted by molar-refractivity contribution is 0.0694. The molecular weight excluding hydrogens is 464 g/mol. The van der Waals surface area contributed by atoms with Crippen LogP contribution in [0.15, 0.2) is 67.3 Å². The zero-order chi connectivity index (χ0) is 25.5. The molecule has 37 heavy (non-hydrogen) atoms. The first-order chi connectivity index (χ1) is 18.0. The summed E-state index contributed by atoms with van der Waals surface area (Å²) in [5, 5.41) is 10.9. The third-order valence-corrected chi connectivity index (χ3v) is 7.00. The summed E-state index contributed by atoms with van der Waals surface area (Å²) in [7, 11) is 2.05. The number of nitrogens with one attached hydrogen (secondary N) is 1. The largest absolute Gasteiger partial charge is 0.478 e. The van der Waals surface area contributed by atoms with Crippen molar-refractivity contribution in [2.24, 2.45) is 0 Å². The fraction of sp³-hybridized carbons (Fsp3) is 0.207. The Balaban J connectivity index is 1.39. The van der Waals surface area contributed by atoms with Crippen molar-refractivity contribution in [3.63, 3.8) is 0 Å². The summed E-state index contributed by atoms with van der Waals surface area (Å²) >= 11 is 0. The average molecular weight is 491 g/mol. The van der Waals surface area contributed by atoms with Crippen molar-refractivity contribution < 1.29 is 9.90 Å². The summed E-state index contributed by atoms with van der Waals surface area (Å²) in [5.74, 6) is -0.820. The molecule has 1 aliphatic heterocycles. The second-order valence-electron chi connectivity index (χ2n) is 9.63. The van der Waals surface area contributed by atoms with Gasteiger partial charge in [-0.3, -0.25) is 15.0 Å². The van der Waals surface area contributed by atoms with Crippen molar-refractivity contribution in [3.8, 4) is 33.8 Å². The van der Waals surface area contributed by atoms with Crippen LogP contribution in [0.25, 0.3) is 44.7 Å². The molecule has 5 heterocycles. The molecule has 0 saturated carbocycles. The van der Waals surface area contributed by atoms with Gasteiger partial charge in [0.05, 0.1) is 40.2 Å². The van der Waals surface area contributed by atoms with Gasteiger partial charge in [0.15, 0.2) is 0 Å².